The number of hydrogen-bond donors (Lipinski definition) is 2. The summed E-state index contributed by atoms with van der Waals surface area (Å²) in [6, 6.07) is 13.1. The molecule has 10 nitrogen and oxygen atoms in total. The van der Waals surface area contributed by atoms with Gasteiger partial charge in [0.05, 0.1) is 23.9 Å². The molecule has 0 bridgehead atoms. The molecular formula is C19H17N5O5S. The highest BCUT2D eigenvalue weighted by Crippen LogP contribution is 2.28. The van der Waals surface area contributed by atoms with Crippen molar-refractivity contribution in [2.24, 2.45) is 5.10 Å². The van der Waals surface area contributed by atoms with Crippen LogP contribution in [0.15, 0.2) is 77.0 Å². The summed E-state index contributed by atoms with van der Waals surface area (Å²) >= 11 is 0. The van der Waals surface area contributed by atoms with Crippen molar-refractivity contribution >= 4 is 33.3 Å². The number of non-ortho nitro benzene ring substituents is 1. The van der Waals surface area contributed by atoms with E-state index in [9.17, 15) is 18.5 Å². The van der Waals surface area contributed by atoms with Crippen molar-refractivity contribution in [2.45, 2.75) is 4.90 Å². The smallest absolute Gasteiger partial charge is 0.270 e. The minimum atomic E-state index is -4.16. The van der Waals surface area contributed by atoms with Crippen LogP contribution in [-0.4, -0.2) is 31.6 Å². The fraction of sp³-hybridized carbons (Fsp3) is 0.0526. The number of hydrogen-bond acceptors (Lipinski definition) is 8. The Morgan fingerprint density at radius 2 is 1.93 bits per heavy atom. The van der Waals surface area contributed by atoms with E-state index in [0.29, 0.717) is 11.3 Å². The second-order valence-corrected chi connectivity index (χ2v) is 7.58. The van der Waals surface area contributed by atoms with E-state index in [1.165, 1.54) is 37.6 Å². The summed E-state index contributed by atoms with van der Waals surface area (Å²) < 4.78 is 33.3. The normalized spacial score (nSPS) is 11.2. The van der Waals surface area contributed by atoms with Crippen molar-refractivity contribution in [3.8, 4) is 5.75 Å². The third-order valence-corrected chi connectivity index (χ3v) is 5.31. The molecule has 0 atom stereocenters. The molecule has 0 saturated carbocycles. The van der Waals surface area contributed by atoms with Gasteiger partial charge < -0.3 is 4.74 Å². The Balaban J connectivity index is 1.92. The van der Waals surface area contributed by atoms with E-state index < -0.39 is 14.9 Å². The number of aromatic nitrogens is 1. The van der Waals surface area contributed by atoms with Gasteiger partial charge in [-0.2, -0.15) is 5.10 Å². The number of nitrogens with zero attached hydrogens (tertiary/aromatic N) is 3. The first-order valence-corrected chi connectivity index (χ1v) is 10.0. The number of hydrazone groups is 1. The Morgan fingerprint density at radius 3 is 2.57 bits per heavy atom. The summed E-state index contributed by atoms with van der Waals surface area (Å²) in [5.74, 6) is 0.556. The molecule has 2 N–H and O–H groups in total. The molecule has 11 heteroatoms. The van der Waals surface area contributed by atoms with Gasteiger partial charge in [0.15, 0.2) is 0 Å². The standard InChI is InChI=1S/C19H17N5O5S/c1-29-17-7-4-15(5-8-17)23-30(27,28)19-11-16(24(25)26)6-9-18(19)22-21-13-14-3-2-10-20-12-14/h2-13,22-23H,1H3. The molecule has 0 aliphatic rings. The molecule has 30 heavy (non-hydrogen) atoms. The number of nitrogens with one attached hydrogen (secondary N) is 2. The molecule has 0 fully saturated rings. The van der Waals surface area contributed by atoms with Crippen LogP contribution in [0.1, 0.15) is 5.56 Å². The number of pyridine rings is 1. The van der Waals surface area contributed by atoms with Gasteiger partial charge in [0.2, 0.25) is 0 Å². The van der Waals surface area contributed by atoms with Crippen LogP contribution >= 0.6 is 0 Å². The Labute approximate surface area is 172 Å². The Hall–Kier alpha value is -3.99. The van der Waals surface area contributed by atoms with Crippen LogP contribution in [-0.2, 0) is 10.0 Å². The highest BCUT2D eigenvalue weighted by Gasteiger charge is 2.22. The van der Waals surface area contributed by atoms with Crippen LogP contribution in [0.4, 0.5) is 17.1 Å². The molecule has 3 rings (SSSR count). The van der Waals surface area contributed by atoms with Crippen molar-refractivity contribution < 1.29 is 18.1 Å². The zero-order chi connectivity index (χ0) is 21.6. The van der Waals surface area contributed by atoms with Crippen LogP contribution < -0.4 is 14.9 Å². The summed E-state index contributed by atoms with van der Waals surface area (Å²) in [4.78, 5) is 14.1. The first kappa shape index (κ1) is 20.7. The fourth-order valence-electron chi connectivity index (χ4n) is 2.44. The van der Waals surface area contributed by atoms with Gasteiger partial charge in [0, 0.05) is 35.8 Å². The first-order valence-electron chi connectivity index (χ1n) is 8.53. The number of benzene rings is 2. The molecule has 0 spiro atoms. The molecule has 0 radical (unpaired) electrons. The van der Waals surface area contributed by atoms with E-state index in [-0.39, 0.29) is 22.0 Å². The third kappa shape index (κ3) is 5.08. The van der Waals surface area contributed by atoms with Crippen molar-refractivity contribution in [2.75, 3.05) is 17.3 Å². The third-order valence-electron chi connectivity index (χ3n) is 3.89. The van der Waals surface area contributed by atoms with Crippen LogP contribution in [0.3, 0.4) is 0 Å². The average Bonchev–Trinajstić information content (AvgIpc) is 2.75. The van der Waals surface area contributed by atoms with Crippen molar-refractivity contribution in [3.63, 3.8) is 0 Å². The molecule has 154 valence electrons. The van der Waals surface area contributed by atoms with E-state index >= 15 is 0 Å². The second-order valence-electron chi connectivity index (χ2n) is 5.93. The summed E-state index contributed by atoms with van der Waals surface area (Å²) in [7, 11) is -2.67. The summed E-state index contributed by atoms with van der Waals surface area (Å²) in [6.45, 7) is 0. The van der Waals surface area contributed by atoms with Crippen molar-refractivity contribution in [1.29, 1.82) is 0 Å². The van der Waals surface area contributed by atoms with Crippen molar-refractivity contribution in [3.05, 3.63) is 82.7 Å². The Kier molecular flexibility index (Phi) is 6.23. The second kappa shape index (κ2) is 9.01. The lowest BCUT2D eigenvalue weighted by atomic mass is 10.3. The SMILES string of the molecule is COc1ccc(NS(=O)(=O)c2cc([N+](=O)[O-])ccc2NN=Cc2cccnc2)cc1. The maximum atomic E-state index is 12.9. The zero-order valence-corrected chi connectivity index (χ0v) is 16.5. The maximum Gasteiger partial charge on any atom is 0.270 e. The predicted molar refractivity (Wildman–Crippen MR) is 112 cm³/mol. The van der Waals surface area contributed by atoms with E-state index in [1.807, 2.05) is 0 Å². The maximum absolute atomic E-state index is 12.9. The minimum Gasteiger partial charge on any atom is -0.497 e. The average molecular weight is 427 g/mol. The van der Waals surface area contributed by atoms with E-state index in [4.69, 9.17) is 4.74 Å². The lowest BCUT2D eigenvalue weighted by Gasteiger charge is -2.12. The Bertz CT molecular complexity index is 1170. The molecule has 1 heterocycles. The van der Waals surface area contributed by atoms with Gasteiger partial charge in [0.25, 0.3) is 15.7 Å². The highest BCUT2D eigenvalue weighted by atomic mass is 32.2. The highest BCUT2D eigenvalue weighted by molar-refractivity contribution is 7.92. The lowest BCUT2D eigenvalue weighted by molar-refractivity contribution is -0.385. The Morgan fingerprint density at radius 1 is 1.17 bits per heavy atom. The number of methoxy groups -OCH3 is 1. The van der Waals surface area contributed by atoms with Crippen molar-refractivity contribution in [1.82, 2.24) is 4.98 Å². The van der Waals surface area contributed by atoms with Gasteiger partial charge >= 0.3 is 0 Å². The molecule has 0 amide bonds. The number of nitro groups is 1. The van der Waals surface area contributed by atoms with Crippen LogP contribution in [0.25, 0.3) is 0 Å². The minimum absolute atomic E-state index is 0.0711. The summed E-state index contributed by atoms with van der Waals surface area (Å²) in [6.07, 6.45) is 4.63. The largest absolute Gasteiger partial charge is 0.497 e. The van der Waals surface area contributed by atoms with Gasteiger partial charge in [-0.05, 0) is 36.4 Å². The molecular weight excluding hydrogens is 410 g/mol. The van der Waals surface area contributed by atoms with E-state index in [0.717, 1.165) is 6.07 Å². The van der Waals surface area contributed by atoms with Crippen LogP contribution in [0, 0.1) is 10.1 Å². The molecule has 0 unspecified atom stereocenters. The molecule has 0 saturated heterocycles. The summed E-state index contributed by atoms with van der Waals surface area (Å²) in [5, 5.41) is 15.1. The lowest BCUT2D eigenvalue weighted by Crippen LogP contribution is -2.15. The number of rotatable bonds is 8. The molecule has 3 aromatic rings. The quantitative estimate of drug-likeness (QED) is 0.320. The molecule has 2 aromatic carbocycles. The van der Waals surface area contributed by atoms with Gasteiger partial charge in [-0.1, -0.05) is 6.07 Å². The topological polar surface area (TPSA) is 136 Å². The number of anilines is 2. The molecule has 0 aliphatic heterocycles. The van der Waals surface area contributed by atoms with Gasteiger partial charge in [-0.3, -0.25) is 25.2 Å². The first-order chi connectivity index (χ1) is 14.4. The van der Waals surface area contributed by atoms with Crippen LogP contribution in [0.5, 0.6) is 5.75 Å². The van der Waals surface area contributed by atoms with Gasteiger partial charge in [-0.15, -0.1) is 0 Å². The van der Waals surface area contributed by atoms with Crippen LogP contribution in [0.2, 0.25) is 0 Å². The molecule has 0 aliphatic carbocycles. The van der Waals surface area contributed by atoms with Gasteiger partial charge in [0.1, 0.15) is 10.6 Å². The predicted octanol–water partition coefficient (Wildman–Crippen LogP) is 3.25. The van der Waals surface area contributed by atoms with E-state index in [1.54, 1.807) is 36.7 Å². The van der Waals surface area contributed by atoms with Gasteiger partial charge in [-0.25, -0.2) is 8.42 Å². The monoisotopic (exact) mass is 427 g/mol. The zero-order valence-electron chi connectivity index (χ0n) is 15.7. The molecule has 1 aromatic heterocycles. The van der Waals surface area contributed by atoms with E-state index in [2.05, 4.69) is 20.2 Å². The number of ether oxygens (including phenoxy) is 1. The fourth-order valence-corrected chi connectivity index (χ4v) is 3.67. The number of sulfonamides is 1. The summed E-state index contributed by atoms with van der Waals surface area (Å²) in [5.41, 5.74) is 3.28. The number of nitro benzene ring substituents is 1.